The van der Waals surface area contributed by atoms with Crippen molar-refractivity contribution in [1.29, 1.82) is 0 Å². The van der Waals surface area contributed by atoms with Crippen LogP contribution in [0.4, 0.5) is 0 Å². The predicted octanol–water partition coefficient (Wildman–Crippen LogP) is 2.60. The van der Waals surface area contributed by atoms with Gasteiger partial charge < -0.3 is 14.8 Å². The van der Waals surface area contributed by atoms with Gasteiger partial charge in [-0.3, -0.25) is 0 Å². The molecule has 0 heterocycles. The molecule has 0 fully saturated rings. The molecule has 0 aliphatic carbocycles. The normalized spacial score (nSPS) is 15.0. The average Bonchev–Trinajstić information content (AvgIpc) is 2.30. The minimum atomic E-state index is 0.264. The number of hydrogen-bond acceptors (Lipinski definition) is 3. The summed E-state index contributed by atoms with van der Waals surface area (Å²) >= 11 is 0. The van der Waals surface area contributed by atoms with Gasteiger partial charge in [0, 0.05) is 12.6 Å². The van der Waals surface area contributed by atoms with Gasteiger partial charge in [-0.05, 0) is 26.3 Å². The molecule has 0 amide bonds. The third-order valence-electron chi connectivity index (χ3n) is 2.72. The molecule has 0 saturated carbocycles. The van der Waals surface area contributed by atoms with Crippen LogP contribution in [0.25, 0.3) is 0 Å². The van der Waals surface area contributed by atoms with Crippen molar-refractivity contribution in [3.05, 3.63) is 0 Å². The van der Waals surface area contributed by atoms with Crippen LogP contribution in [-0.4, -0.2) is 38.5 Å². The molecule has 0 aliphatic rings. The number of rotatable bonds is 11. The summed E-state index contributed by atoms with van der Waals surface area (Å²) in [6, 6.07) is 0.459. The first-order chi connectivity index (χ1) is 7.76. The van der Waals surface area contributed by atoms with Gasteiger partial charge in [-0.25, -0.2) is 0 Å². The molecule has 3 heteroatoms. The number of hydrogen-bond donors (Lipinski definition) is 1. The highest BCUT2D eigenvalue weighted by Gasteiger charge is 2.13. The predicted molar refractivity (Wildman–Crippen MR) is 68.9 cm³/mol. The van der Waals surface area contributed by atoms with Crippen LogP contribution < -0.4 is 5.32 Å². The van der Waals surface area contributed by atoms with E-state index in [1.807, 2.05) is 0 Å². The Morgan fingerprint density at radius 2 is 1.81 bits per heavy atom. The Kier molecular flexibility index (Phi) is 11.3. The van der Waals surface area contributed by atoms with Crippen molar-refractivity contribution in [3.8, 4) is 0 Å². The SMILES string of the molecule is CCCCOCCOC(C)C(CC)NCC. The minimum Gasteiger partial charge on any atom is -0.379 e. The van der Waals surface area contributed by atoms with Crippen LogP contribution in [0.2, 0.25) is 0 Å². The van der Waals surface area contributed by atoms with E-state index in [4.69, 9.17) is 9.47 Å². The molecule has 98 valence electrons. The summed E-state index contributed by atoms with van der Waals surface area (Å²) in [5.74, 6) is 0. The molecule has 1 N–H and O–H groups in total. The van der Waals surface area contributed by atoms with E-state index in [0.717, 1.165) is 26.0 Å². The van der Waals surface area contributed by atoms with Crippen molar-refractivity contribution < 1.29 is 9.47 Å². The fourth-order valence-corrected chi connectivity index (χ4v) is 1.66. The second kappa shape index (κ2) is 11.4. The highest BCUT2D eigenvalue weighted by molar-refractivity contribution is 4.71. The summed E-state index contributed by atoms with van der Waals surface area (Å²) in [4.78, 5) is 0. The standard InChI is InChI=1S/C13H29NO2/c1-5-8-9-15-10-11-16-12(4)13(6-2)14-7-3/h12-14H,5-11H2,1-4H3. The molecule has 2 unspecified atom stereocenters. The topological polar surface area (TPSA) is 30.5 Å². The molecule has 2 atom stereocenters. The van der Waals surface area contributed by atoms with Gasteiger partial charge >= 0.3 is 0 Å². The molecule has 0 aromatic heterocycles. The smallest absolute Gasteiger partial charge is 0.0704 e. The molecule has 0 aliphatic heterocycles. The first kappa shape index (κ1) is 15.9. The van der Waals surface area contributed by atoms with Crippen LogP contribution in [-0.2, 0) is 9.47 Å². The Balaban J connectivity index is 3.43. The van der Waals surface area contributed by atoms with Crippen LogP contribution in [0.5, 0.6) is 0 Å². The van der Waals surface area contributed by atoms with Crippen molar-refractivity contribution in [2.24, 2.45) is 0 Å². The van der Waals surface area contributed by atoms with Gasteiger partial charge in [0.05, 0.1) is 19.3 Å². The Morgan fingerprint density at radius 1 is 1.06 bits per heavy atom. The van der Waals surface area contributed by atoms with E-state index in [-0.39, 0.29) is 6.10 Å². The average molecular weight is 231 g/mol. The summed E-state index contributed by atoms with van der Waals surface area (Å²) in [5, 5.41) is 3.43. The van der Waals surface area contributed by atoms with E-state index in [9.17, 15) is 0 Å². The lowest BCUT2D eigenvalue weighted by Gasteiger charge is -2.23. The van der Waals surface area contributed by atoms with Crippen molar-refractivity contribution in [2.45, 2.75) is 59.1 Å². The van der Waals surface area contributed by atoms with E-state index in [1.54, 1.807) is 0 Å². The number of likely N-dealkylation sites (N-methyl/N-ethyl adjacent to an activating group) is 1. The maximum absolute atomic E-state index is 5.74. The molecule has 3 nitrogen and oxygen atoms in total. The summed E-state index contributed by atoms with van der Waals surface area (Å²) in [6.07, 6.45) is 3.70. The molecule has 0 radical (unpaired) electrons. The maximum Gasteiger partial charge on any atom is 0.0704 e. The number of unbranched alkanes of at least 4 members (excludes halogenated alkanes) is 1. The van der Waals surface area contributed by atoms with Gasteiger partial charge in [-0.2, -0.15) is 0 Å². The molecular weight excluding hydrogens is 202 g/mol. The van der Waals surface area contributed by atoms with Crippen molar-refractivity contribution >= 4 is 0 Å². The fraction of sp³-hybridized carbons (Fsp3) is 1.00. The largest absolute Gasteiger partial charge is 0.379 e. The summed E-state index contributed by atoms with van der Waals surface area (Å²) < 4.78 is 11.2. The zero-order valence-corrected chi connectivity index (χ0v) is 11.4. The first-order valence-corrected chi connectivity index (χ1v) is 6.68. The van der Waals surface area contributed by atoms with E-state index < -0.39 is 0 Å². The Hall–Kier alpha value is -0.120. The monoisotopic (exact) mass is 231 g/mol. The van der Waals surface area contributed by atoms with Crippen molar-refractivity contribution in [1.82, 2.24) is 5.32 Å². The second-order valence-corrected chi connectivity index (χ2v) is 4.11. The van der Waals surface area contributed by atoms with E-state index in [2.05, 4.69) is 33.0 Å². The molecule has 0 spiro atoms. The molecule has 0 aromatic rings. The molecule has 0 saturated heterocycles. The second-order valence-electron chi connectivity index (χ2n) is 4.11. The van der Waals surface area contributed by atoms with E-state index in [1.165, 1.54) is 6.42 Å². The Labute approximate surface area is 101 Å². The number of nitrogens with one attached hydrogen (secondary N) is 1. The van der Waals surface area contributed by atoms with Gasteiger partial charge in [-0.1, -0.05) is 27.2 Å². The fourth-order valence-electron chi connectivity index (χ4n) is 1.66. The molecule has 0 bridgehead atoms. The van der Waals surface area contributed by atoms with Crippen LogP contribution >= 0.6 is 0 Å². The lowest BCUT2D eigenvalue weighted by Crippen LogP contribution is -2.39. The summed E-state index contributed by atoms with van der Waals surface area (Å²) in [7, 11) is 0. The quantitative estimate of drug-likeness (QED) is 0.554. The first-order valence-electron chi connectivity index (χ1n) is 6.68. The highest BCUT2D eigenvalue weighted by atomic mass is 16.5. The van der Waals surface area contributed by atoms with Crippen LogP contribution in [0, 0.1) is 0 Å². The highest BCUT2D eigenvalue weighted by Crippen LogP contribution is 2.03. The lowest BCUT2D eigenvalue weighted by atomic mass is 10.1. The van der Waals surface area contributed by atoms with Gasteiger partial charge in [0.1, 0.15) is 0 Å². The maximum atomic E-state index is 5.74. The van der Waals surface area contributed by atoms with E-state index >= 15 is 0 Å². The van der Waals surface area contributed by atoms with Gasteiger partial charge in [0.15, 0.2) is 0 Å². The van der Waals surface area contributed by atoms with E-state index in [0.29, 0.717) is 19.3 Å². The molecular formula is C13H29NO2. The molecule has 0 aromatic carbocycles. The van der Waals surface area contributed by atoms with Crippen LogP contribution in [0.15, 0.2) is 0 Å². The third-order valence-corrected chi connectivity index (χ3v) is 2.72. The van der Waals surface area contributed by atoms with Crippen molar-refractivity contribution in [2.75, 3.05) is 26.4 Å². The van der Waals surface area contributed by atoms with Gasteiger partial charge in [0.2, 0.25) is 0 Å². The molecule has 16 heavy (non-hydrogen) atoms. The number of ether oxygens (including phenoxy) is 2. The van der Waals surface area contributed by atoms with Gasteiger partial charge in [-0.15, -0.1) is 0 Å². The summed E-state index contributed by atoms with van der Waals surface area (Å²) in [5.41, 5.74) is 0. The lowest BCUT2D eigenvalue weighted by molar-refractivity contribution is -0.00387. The summed E-state index contributed by atoms with van der Waals surface area (Å²) in [6.45, 7) is 11.9. The Morgan fingerprint density at radius 3 is 2.38 bits per heavy atom. The van der Waals surface area contributed by atoms with Crippen LogP contribution in [0.3, 0.4) is 0 Å². The van der Waals surface area contributed by atoms with Crippen LogP contribution in [0.1, 0.15) is 47.0 Å². The Bertz CT molecular complexity index is 142. The minimum absolute atomic E-state index is 0.264. The van der Waals surface area contributed by atoms with Crippen molar-refractivity contribution in [3.63, 3.8) is 0 Å². The van der Waals surface area contributed by atoms with Gasteiger partial charge in [0.25, 0.3) is 0 Å². The zero-order valence-electron chi connectivity index (χ0n) is 11.4. The molecule has 0 rings (SSSR count). The zero-order chi connectivity index (χ0) is 12.2. The third kappa shape index (κ3) is 8.08.